The Bertz CT molecular complexity index is 943. The molecule has 0 saturated heterocycles. The number of nitro benzene ring substituents is 1. The first kappa shape index (κ1) is 19.2. The van der Waals surface area contributed by atoms with E-state index in [1.807, 2.05) is 0 Å². The predicted molar refractivity (Wildman–Crippen MR) is 94.9 cm³/mol. The maximum absolute atomic E-state index is 12.6. The molecule has 0 saturated carbocycles. The molecule has 0 aliphatic carbocycles. The minimum absolute atomic E-state index is 0.0786. The number of anilines is 1. The van der Waals surface area contributed by atoms with Crippen molar-refractivity contribution in [1.29, 1.82) is 0 Å². The summed E-state index contributed by atoms with van der Waals surface area (Å²) in [7, 11) is -2.78. The molecule has 2 N–H and O–H groups in total. The van der Waals surface area contributed by atoms with Gasteiger partial charge in [-0.2, -0.15) is 0 Å². The smallest absolute Gasteiger partial charge is 0.271 e. The number of non-ortho nitro benzene ring substituents is 1. The van der Waals surface area contributed by atoms with Crippen LogP contribution in [0.1, 0.15) is 17.3 Å². The lowest BCUT2D eigenvalue weighted by Gasteiger charge is -2.12. The molecule has 1 amide bonds. The molecule has 2 aromatic carbocycles. The van der Waals surface area contributed by atoms with Gasteiger partial charge >= 0.3 is 0 Å². The second kappa shape index (κ2) is 7.83. The van der Waals surface area contributed by atoms with Gasteiger partial charge in [0.15, 0.2) is 0 Å². The fraction of sp³-hybridized carbons (Fsp3) is 0.188. The topological polar surface area (TPSA) is 128 Å². The van der Waals surface area contributed by atoms with Gasteiger partial charge in [0.05, 0.1) is 22.6 Å². The van der Waals surface area contributed by atoms with Crippen LogP contribution in [0.4, 0.5) is 11.4 Å². The fourth-order valence-corrected chi connectivity index (χ4v) is 3.27. The summed E-state index contributed by atoms with van der Waals surface area (Å²) in [6.07, 6.45) is 0. The maximum Gasteiger partial charge on any atom is 0.271 e. The lowest BCUT2D eigenvalue weighted by Crippen LogP contribution is -2.23. The Morgan fingerprint density at radius 3 is 2.58 bits per heavy atom. The number of hydrogen-bond donors (Lipinski definition) is 2. The van der Waals surface area contributed by atoms with E-state index in [2.05, 4.69) is 10.0 Å². The molecule has 0 aliphatic rings. The molecule has 10 heteroatoms. The number of benzene rings is 2. The SMILES string of the molecule is CCNC(=O)c1cccc(S(=O)(=O)Nc2cc([N+](=O)[O-])ccc2OC)c1. The van der Waals surface area contributed by atoms with Crippen LogP contribution >= 0.6 is 0 Å². The second-order valence-electron chi connectivity index (χ2n) is 5.13. The number of nitro groups is 1. The zero-order chi connectivity index (χ0) is 19.3. The summed E-state index contributed by atoms with van der Waals surface area (Å²) in [5, 5.41) is 13.5. The molecule has 0 aromatic heterocycles. The molecule has 0 heterocycles. The number of nitrogens with zero attached hydrogens (tertiary/aromatic N) is 1. The van der Waals surface area contributed by atoms with E-state index >= 15 is 0 Å². The number of nitrogens with one attached hydrogen (secondary N) is 2. The third kappa shape index (κ3) is 4.28. The van der Waals surface area contributed by atoms with Crippen molar-refractivity contribution in [3.05, 3.63) is 58.1 Å². The van der Waals surface area contributed by atoms with Gasteiger partial charge in [0.1, 0.15) is 5.75 Å². The van der Waals surface area contributed by atoms with Crippen molar-refractivity contribution in [2.24, 2.45) is 0 Å². The van der Waals surface area contributed by atoms with Crippen molar-refractivity contribution >= 4 is 27.3 Å². The molecular formula is C16H17N3O6S. The summed E-state index contributed by atoms with van der Waals surface area (Å²) < 4.78 is 32.5. The number of methoxy groups -OCH3 is 1. The van der Waals surface area contributed by atoms with Crippen LogP contribution in [0.15, 0.2) is 47.4 Å². The van der Waals surface area contributed by atoms with Crippen molar-refractivity contribution in [1.82, 2.24) is 5.32 Å². The van der Waals surface area contributed by atoms with E-state index in [1.54, 1.807) is 6.92 Å². The Hall–Kier alpha value is -3.14. The number of hydrogen-bond acceptors (Lipinski definition) is 6. The van der Waals surface area contributed by atoms with Crippen molar-refractivity contribution in [2.75, 3.05) is 18.4 Å². The van der Waals surface area contributed by atoms with Crippen LogP contribution in [-0.2, 0) is 10.0 Å². The van der Waals surface area contributed by atoms with Gasteiger partial charge in [0.25, 0.3) is 21.6 Å². The average Bonchev–Trinajstić information content (AvgIpc) is 2.61. The normalized spacial score (nSPS) is 10.8. The number of ether oxygens (including phenoxy) is 1. The number of sulfonamides is 1. The van der Waals surface area contributed by atoms with Gasteiger partial charge in [-0.05, 0) is 31.2 Å². The van der Waals surface area contributed by atoms with Gasteiger partial charge in [-0.1, -0.05) is 6.07 Å². The quantitative estimate of drug-likeness (QED) is 0.560. The van der Waals surface area contributed by atoms with Gasteiger partial charge in [0.2, 0.25) is 0 Å². The van der Waals surface area contributed by atoms with Crippen molar-refractivity contribution < 1.29 is 22.9 Å². The molecule has 0 fully saturated rings. The number of carbonyl (C=O) groups excluding carboxylic acids is 1. The third-order valence-electron chi connectivity index (χ3n) is 3.38. The van der Waals surface area contributed by atoms with Gasteiger partial charge in [-0.25, -0.2) is 8.42 Å². The highest BCUT2D eigenvalue weighted by Crippen LogP contribution is 2.30. The third-order valence-corrected chi connectivity index (χ3v) is 4.75. The summed E-state index contributed by atoms with van der Waals surface area (Å²) in [4.78, 5) is 22.0. The van der Waals surface area contributed by atoms with E-state index < -0.39 is 20.9 Å². The zero-order valence-corrected chi connectivity index (χ0v) is 14.9. The molecule has 0 radical (unpaired) electrons. The van der Waals surface area contributed by atoms with Crippen molar-refractivity contribution in [3.8, 4) is 5.75 Å². The number of amides is 1. The average molecular weight is 379 g/mol. The molecule has 0 atom stereocenters. The molecule has 2 aromatic rings. The van der Waals surface area contributed by atoms with Crippen molar-refractivity contribution in [3.63, 3.8) is 0 Å². The standard InChI is InChI=1S/C16H17N3O6S/c1-3-17-16(20)11-5-4-6-13(9-11)26(23,24)18-14-10-12(19(21)22)7-8-15(14)25-2/h4-10,18H,3H2,1-2H3,(H,17,20). The molecular weight excluding hydrogens is 362 g/mol. The first-order valence-corrected chi connectivity index (χ1v) is 9.00. The fourth-order valence-electron chi connectivity index (χ4n) is 2.16. The predicted octanol–water partition coefficient (Wildman–Crippen LogP) is 2.15. The largest absolute Gasteiger partial charge is 0.495 e. The zero-order valence-electron chi connectivity index (χ0n) is 14.1. The van der Waals surface area contributed by atoms with Crippen LogP contribution in [0.2, 0.25) is 0 Å². The lowest BCUT2D eigenvalue weighted by molar-refractivity contribution is -0.384. The Labute approximate surface area is 150 Å². The molecule has 2 rings (SSSR count). The molecule has 0 unspecified atom stereocenters. The lowest BCUT2D eigenvalue weighted by atomic mass is 10.2. The van der Waals surface area contributed by atoms with E-state index in [0.717, 1.165) is 6.07 Å². The Morgan fingerprint density at radius 2 is 1.96 bits per heavy atom. The van der Waals surface area contributed by atoms with Crippen LogP contribution in [0.3, 0.4) is 0 Å². The van der Waals surface area contributed by atoms with Crippen LogP contribution in [0, 0.1) is 10.1 Å². The number of carbonyl (C=O) groups is 1. The minimum Gasteiger partial charge on any atom is -0.495 e. The van der Waals surface area contributed by atoms with E-state index in [9.17, 15) is 23.3 Å². The highest BCUT2D eigenvalue weighted by Gasteiger charge is 2.20. The minimum atomic E-state index is -4.09. The van der Waals surface area contributed by atoms with Crippen LogP contribution in [0.25, 0.3) is 0 Å². The molecule has 138 valence electrons. The monoisotopic (exact) mass is 379 g/mol. The van der Waals surface area contributed by atoms with E-state index in [-0.39, 0.29) is 27.6 Å². The summed E-state index contributed by atoms with van der Waals surface area (Å²) in [6, 6.07) is 9.01. The second-order valence-corrected chi connectivity index (χ2v) is 6.82. The maximum atomic E-state index is 12.6. The van der Waals surface area contributed by atoms with Gasteiger partial charge < -0.3 is 10.1 Å². The molecule has 0 spiro atoms. The highest BCUT2D eigenvalue weighted by atomic mass is 32.2. The Balaban J connectivity index is 2.40. The van der Waals surface area contributed by atoms with Crippen LogP contribution in [0.5, 0.6) is 5.75 Å². The molecule has 0 aliphatic heterocycles. The Kier molecular flexibility index (Phi) is 5.78. The van der Waals surface area contributed by atoms with Gasteiger partial charge in [0, 0.05) is 24.2 Å². The molecule has 0 bridgehead atoms. The van der Waals surface area contributed by atoms with Crippen LogP contribution in [-0.4, -0.2) is 32.9 Å². The molecule has 26 heavy (non-hydrogen) atoms. The van der Waals surface area contributed by atoms with Gasteiger partial charge in [-0.15, -0.1) is 0 Å². The van der Waals surface area contributed by atoms with Gasteiger partial charge in [-0.3, -0.25) is 19.6 Å². The van der Waals surface area contributed by atoms with E-state index in [0.29, 0.717) is 6.54 Å². The van der Waals surface area contributed by atoms with E-state index in [4.69, 9.17) is 4.74 Å². The first-order valence-electron chi connectivity index (χ1n) is 7.52. The summed E-state index contributed by atoms with van der Waals surface area (Å²) in [5.41, 5.74) is -0.189. The summed E-state index contributed by atoms with van der Waals surface area (Å²) in [6.45, 7) is 2.15. The van der Waals surface area contributed by atoms with E-state index in [1.165, 1.54) is 43.5 Å². The Morgan fingerprint density at radius 1 is 1.23 bits per heavy atom. The summed E-state index contributed by atoms with van der Waals surface area (Å²) in [5.74, 6) is -0.281. The highest BCUT2D eigenvalue weighted by molar-refractivity contribution is 7.92. The summed E-state index contributed by atoms with van der Waals surface area (Å²) >= 11 is 0. The first-order chi connectivity index (χ1) is 12.3. The molecule has 9 nitrogen and oxygen atoms in total. The number of rotatable bonds is 7. The van der Waals surface area contributed by atoms with Crippen molar-refractivity contribution in [2.45, 2.75) is 11.8 Å². The van der Waals surface area contributed by atoms with Crippen LogP contribution < -0.4 is 14.8 Å².